The molecule has 2 rings (SSSR count). The molecule has 0 bridgehead atoms. The lowest BCUT2D eigenvalue weighted by atomic mass is 10.1. The molecule has 0 spiro atoms. The minimum atomic E-state index is -1.57. The van der Waals surface area contributed by atoms with Gasteiger partial charge in [0.1, 0.15) is 0 Å². The van der Waals surface area contributed by atoms with Gasteiger partial charge in [0.15, 0.2) is 17.5 Å². The summed E-state index contributed by atoms with van der Waals surface area (Å²) >= 11 is 0. The number of likely N-dealkylation sites (tertiary alicyclic amines) is 1. The maximum Gasteiger partial charge on any atom is 0.241 e. The molecule has 1 N–H and O–H groups in total. The number of anilines is 1. The second-order valence-electron chi connectivity index (χ2n) is 5.69. The first-order chi connectivity index (χ1) is 10.5. The van der Waals surface area contributed by atoms with Crippen LogP contribution in [0.25, 0.3) is 0 Å². The van der Waals surface area contributed by atoms with Crippen molar-refractivity contribution in [1.29, 1.82) is 0 Å². The van der Waals surface area contributed by atoms with Gasteiger partial charge in [-0.25, -0.2) is 13.2 Å². The first-order valence-electron chi connectivity index (χ1n) is 7.69. The van der Waals surface area contributed by atoms with Gasteiger partial charge >= 0.3 is 0 Å². The number of rotatable bonds is 3. The zero-order valence-electron chi connectivity index (χ0n) is 12.7. The van der Waals surface area contributed by atoms with E-state index in [9.17, 15) is 18.0 Å². The summed E-state index contributed by atoms with van der Waals surface area (Å²) in [6, 6.07) is 1.39. The van der Waals surface area contributed by atoms with Crippen molar-refractivity contribution < 1.29 is 18.0 Å². The highest BCUT2D eigenvalue weighted by Crippen LogP contribution is 2.20. The highest BCUT2D eigenvalue weighted by atomic mass is 19.2. The van der Waals surface area contributed by atoms with Crippen molar-refractivity contribution in [3.05, 3.63) is 29.6 Å². The molecule has 1 heterocycles. The fourth-order valence-electron chi connectivity index (χ4n) is 2.68. The van der Waals surface area contributed by atoms with Crippen molar-refractivity contribution >= 4 is 11.6 Å². The van der Waals surface area contributed by atoms with Crippen LogP contribution in [0, 0.1) is 17.5 Å². The first-order valence-corrected chi connectivity index (χ1v) is 7.69. The lowest BCUT2D eigenvalue weighted by Crippen LogP contribution is -2.43. The Morgan fingerprint density at radius 2 is 1.64 bits per heavy atom. The van der Waals surface area contributed by atoms with Gasteiger partial charge < -0.3 is 5.32 Å². The molecule has 1 aliphatic heterocycles. The summed E-state index contributed by atoms with van der Waals surface area (Å²) in [7, 11) is 0. The quantitative estimate of drug-likeness (QED) is 0.863. The summed E-state index contributed by atoms with van der Waals surface area (Å²) in [4.78, 5) is 14.3. The van der Waals surface area contributed by atoms with Crippen molar-refractivity contribution in [1.82, 2.24) is 4.90 Å². The number of carbonyl (C=O) groups is 1. The highest BCUT2D eigenvalue weighted by Gasteiger charge is 2.23. The number of carbonyl (C=O) groups excluding carboxylic acids is 1. The van der Waals surface area contributed by atoms with E-state index in [0.717, 1.165) is 50.9 Å². The van der Waals surface area contributed by atoms with Crippen molar-refractivity contribution in [3.8, 4) is 0 Å². The molecule has 1 aromatic rings. The summed E-state index contributed by atoms with van der Waals surface area (Å²) in [6.07, 6.45) is 5.55. The molecule has 0 radical (unpaired) electrons. The summed E-state index contributed by atoms with van der Waals surface area (Å²) in [5, 5.41) is 2.35. The predicted molar refractivity (Wildman–Crippen MR) is 79.1 cm³/mol. The Bertz CT molecular complexity index is 528. The molecule has 0 unspecified atom stereocenters. The number of nitrogens with zero attached hydrogens (tertiary/aromatic N) is 1. The fourth-order valence-corrected chi connectivity index (χ4v) is 2.68. The van der Waals surface area contributed by atoms with E-state index in [2.05, 4.69) is 5.32 Å². The van der Waals surface area contributed by atoms with Crippen LogP contribution in [0.4, 0.5) is 18.9 Å². The molecule has 0 aromatic heterocycles. The predicted octanol–water partition coefficient (Wildman–Crippen LogP) is 3.70. The van der Waals surface area contributed by atoms with Gasteiger partial charge in [0.25, 0.3) is 0 Å². The molecule has 1 amide bonds. The third-order valence-corrected chi connectivity index (χ3v) is 4.11. The average molecular weight is 314 g/mol. The summed E-state index contributed by atoms with van der Waals surface area (Å²) in [5.74, 6) is -4.62. The largest absolute Gasteiger partial charge is 0.322 e. The molecular weight excluding hydrogens is 293 g/mol. The van der Waals surface area contributed by atoms with Crippen LogP contribution < -0.4 is 5.32 Å². The van der Waals surface area contributed by atoms with Crippen LogP contribution in [-0.4, -0.2) is 29.9 Å². The van der Waals surface area contributed by atoms with Crippen LogP contribution in [0.1, 0.15) is 39.0 Å². The monoisotopic (exact) mass is 314 g/mol. The van der Waals surface area contributed by atoms with E-state index in [1.54, 1.807) is 6.92 Å². The molecule has 1 saturated heterocycles. The molecule has 0 aliphatic carbocycles. The van der Waals surface area contributed by atoms with Crippen molar-refractivity contribution in [2.24, 2.45) is 0 Å². The maximum atomic E-state index is 13.6. The number of amides is 1. The second-order valence-corrected chi connectivity index (χ2v) is 5.69. The molecular formula is C16H21F3N2O. The van der Waals surface area contributed by atoms with Gasteiger partial charge in [0.2, 0.25) is 5.91 Å². The number of halogens is 3. The Kier molecular flexibility index (Phi) is 5.83. The number of hydrogen-bond acceptors (Lipinski definition) is 2. The Morgan fingerprint density at radius 1 is 1.05 bits per heavy atom. The highest BCUT2D eigenvalue weighted by molar-refractivity contribution is 5.94. The topological polar surface area (TPSA) is 32.3 Å². The zero-order valence-corrected chi connectivity index (χ0v) is 12.7. The summed E-state index contributed by atoms with van der Waals surface area (Å²) in [5.41, 5.74) is -0.331. The van der Waals surface area contributed by atoms with Crippen molar-refractivity contribution in [2.45, 2.75) is 45.1 Å². The molecule has 1 aromatic carbocycles. The third kappa shape index (κ3) is 4.00. The molecule has 3 nitrogen and oxygen atoms in total. The van der Waals surface area contributed by atoms with Gasteiger partial charge in [0, 0.05) is 0 Å². The Morgan fingerprint density at radius 3 is 2.27 bits per heavy atom. The van der Waals surface area contributed by atoms with Crippen LogP contribution in [0.2, 0.25) is 0 Å². The number of benzene rings is 1. The second kappa shape index (κ2) is 7.63. The van der Waals surface area contributed by atoms with E-state index in [0.29, 0.717) is 0 Å². The Balaban J connectivity index is 2.03. The van der Waals surface area contributed by atoms with E-state index in [1.165, 1.54) is 6.42 Å². The van der Waals surface area contributed by atoms with Gasteiger partial charge in [-0.2, -0.15) is 0 Å². The van der Waals surface area contributed by atoms with Gasteiger partial charge in [-0.3, -0.25) is 9.69 Å². The molecule has 1 aliphatic rings. The van der Waals surface area contributed by atoms with E-state index >= 15 is 0 Å². The van der Waals surface area contributed by atoms with Gasteiger partial charge in [-0.05, 0) is 45.0 Å². The summed E-state index contributed by atoms with van der Waals surface area (Å²) < 4.78 is 39.7. The standard InChI is InChI=1S/C16H21F3N2O/c1-11(21-9-5-3-2-4-6-10-21)16(22)20-13-8-7-12(17)14(18)15(13)19/h7-8,11H,2-6,9-10H2,1H3,(H,20,22)/t11-/m1/s1. The van der Waals surface area contributed by atoms with Crippen LogP contribution in [0.3, 0.4) is 0 Å². The average Bonchev–Trinajstić information content (AvgIpc) is 2.47. The van der Waals surface area contributed by atoms with Gasteiger partial charge in [-0.15, -0.1) is 0 Å². The van der Waals surface area contributed by atoms with E-state index in [1.807, 2.05) is 4.90 Å². The normalized spacial score (nSPS) is 18.4. The van der Waals surface area contributed by atoms with E-state index < -0.39 is 29.4 Å². The lowest BCUT2D eigenvalue weighted by molar-refractivity contribution is -0.120. The molecule has 22 heavy (non-hydrogen) atoms. The molecule has 0 saturated carbocycles. The Hall–Kier alpha value is -1.56. The maximum absolute atomic E-state index is 13.6. The first kappa shape index (κ1) is 16.8. The molecule has 1 atom stereocenters. The van der Waals surface area contributed by atoms with Crippen LogP contribution in [-0.2, 0) is 4.79 Å². The Labute approximate surface area is 128 Å². The zero-order chi connectivity index (χ0) is 16.1. The number of hydrogen-bond donors (Lipinski definition) is 1. The molecule has 122 valence electrons. The lowest BCUT2D eigenvalue weighted by Gasteiger charge is -2.29. The third-order valence-electron chi connectivity index (χ3n) is 4.11. The molecule has 6 heteroatoms. The van der Waals surface area contributed by atoms with Gasteiger partial charge in [0.05, 0.1) is 11.7 Å². The smallest absolute Gasteiger partial charge is 0.241 e. The van der Waals surface area contributed by atoms with E-state index in [4.69, 9.17) is 0 Å². The van der Waals surface area contributed by atoms with Crippen molar-refractivity contribution in [3.63, 3.8) is 0 Å². The van der Waals surface area contributed by atoms with Crippen LogP contribution in [0.15, 0.2) is 12.1 Å². The minimum Gasteiger partial charge on any atom is -0.322 e. The SMILES string of the molecule is C[C@H](C(=O)Nc1ccc(F)c(F)c1F)N1CCCCCCC1. The van der Waals surface area contributed by atoms with Crippen LogP contribution >= 0.6 is 0 Å². The van der Waals surface area contributed by atoms with Gasteiger partial charge in [-0.1, -0.05) is 19.3 Å². The number of nitrogens with one attached hydrogen (secondary N) is 1. The minimum absolute atomic E-state index is 0.331. The summed E-state index contributed by atoms with van der Waals surface area (Å²) in [6.45, 7) is 3.37. The molecule has 1 fully saturated rings. The van der Waals surface area contributed by atoms with Crippen LogP contribution in [0.5, 0.6) is 0 Å². The van der Waals surface area contributed by atoms with Crippen molar-refractivity contribution in [2.75, 3.05) is 18.4 Å². The van der Waals surface area contributed by atoms with E-state index in [-0.39, 0.29) is 5.69 Å². The fraction of sp³-hybridized carbons (Fsp3) is 0.562.